The van der Waals surface area contributed by atoms with Crippen molar-refractivity contribution in [3.8, 4) is 0 Å². The van der Waals surface area contributed by atoms with Crippen LogP contribution in [0.2, 0.25) is 0 Å². The van der Waals surface area contributed by atoms with E-state index in [4.69, 9.17) is 9.47 Å². The van der Waals surface area contributed by atoms with Crippen LogP contribution in [0.5, 0.6) is 0 Å². The Labute approximate surface area is 163 Å². The number of ketones is 1. The highest BCUT2D eigenvalue weighted by molar-refractivity contribution is 6.05. The molecule has 0 spiro atoms. The maximum absolute atomic E-state index is 12.4. The van der Waals surface area contributed by atoms with Crippen LogP contribution in [0.3, 0.4) is 0 Å². The van der Waals surface area contributed by atoms with Gasteiger partial charge in [0.25, 0.3) is 0 Å². The lowest BCUT2D eigenvalue weighted by Crippen LogP contribution is -2.14. The number of nitrogens with one attached hydrogen (secondary N) is 1. The maximum Gasteiger partial charge on any atom is 0.338 e. The highest BCUT2D eigenvalue weighted by atomic mass is 16.5. The zero-order valence-corrected chi connectivity index (χ0v) is 16.2. The summed E-state index contributed by atoms with van der Waals surface area (Å²) in [7, 11) is 0. The van der Waals surface area contributed by atoms with Gasteiger partial charge in [-0.15, -0.1) is 0 Å². The molecule has 0 saturated carbocycles. The first-order chi connectivity index (χ1) is 13.3. The first kappa shape index (κ1) is 19.8. The normalized spacial score (nSPS) is 15.3. The van der Waals surface area contributed by atoms with Crippen LogP contribution in [0, 0.1) is 0 Å². The average molecular weight is 381 g/mol. The van der Waals surface area contributed by atoms with E-state index in [9.17, 15) is 14.4 Å². The molecule has 1 aliphatic rings. The number of hydrogen-bond acceptors (Lipinski definition) is 5. The Morgan fingerprint density at radius 1 is 1.07 bits per heavy atom. The summed E-state index contributed by atoms with van der Waals surface area (Å²) < 4.78 is 10.7. The van der Waals surface area contributed by atoms with E-state index in [1.807, 2.05) is 13.8 Å². The molecule has 0 saturated heterocycles. The number of hydrogen-bond donors (Lipinski definition) is 1. The minimum absolute atomic E-state index is 0.0896. The second-order valence-corrected chi connectivity index (χ2v) is 7.07. The lowest BCUT2D eigenvalue weighted by molar-refractivity contribution is -0.116. The third-order valence-corrected chi connectivity index (χ3v) is 4.60. The highest BCUT2D eigenvalue weighted by Crippen LogP contribution is 2.32. The maximum atomic E-state index is 12.4. The van der Waals surface area contributed by atoms with E-state index in [1.54, 1.807) is 49.4 Å². The van der Waals surface area contributed by atoms with E-state index in [-0.39, 0.29) is 30.3 Å². The summed E-state index contributed by atoms with van der Waals surface area (Å²) in [6.07, 6.45) is 0.131. The third kappa shape index (κ3) is 4.46. The van der Waals surface area contributed by atoms with Crippen molar-refractivity contribution in [2.45, 2.75) is 39.4 Å². The van der Waals surface area contributed by atoms with Crippen molar-refractivity contribution in [1.82, 2.24) is 0 Å². The van der Waals surface area contributed by atoms with Crippen LogP contribution in [0.4, 0.5) is 5.69 Å². The van der Waals surface area contributed by atoms with Gasteiger partial charge in [-0.05, 0) is 62.2 Å². The number of amides is 1. The first-order valence-electron chi connectivity index (χ1n) is 9.21. The molecule has 6 nitrogen and oxygen atoms in total. The van der Waals surface area contributed by atoms with Crippen LogP contribution in [-0.4, -0.2) is 30.4 Å². The number of rotatable bonds is 7. The summed E-state index contributed by atoms with van der Waals surface area (Å²) in [5, 5.41) is 2.76. The van der Waals surface area contributed by atoms with E-state index in [0.29, 0.717) is 23.4 Å². The Hall–Kier alpha value is -2.99. The Kier molecular flexibility index (Phi) is 5.90. The predicted molar refractivity (Wildman–Crippen MR) is 104 cm³/mol. The van der Waals surface area contributed by atoms with E-state index >= 15 is 0 Å². The summed E-state index contributed by atoms with van der Waals surface area (Å²) in [6.45, 7) is 5.81. The molecule has 0 fully saturated rings. The van der Waals surface area contributed by atoms with Gasteiger partial charge in [0.1, 0.15) is 0 Å². The number of carbonyl (C=O) groups is 3. The van der Waals surface area contributed by atoms with Crippen molar-refractivity contribution in [1.29, 1.82) is 0 Å². The molecule has 1 amide bonds. The molecule has 1 aliphatic heterocycles. The van der Waals surface area contributed by atoms with Gasteiger partial charge in [-0.3, -0.25) is 9.59 Å². The Morgan fingerprint density at radius 2 is 1.75 bits per heavy atom. The Balaban J connectivity index is 1.57. The monoisotopic (exact) mass is 381 g/mol. The predicted octanol–water partition coefficient (Wildman–Crippen LogP) is 3.71. The molecule has 3 rings (SSSR count). The van der Waals surface area contributed by atoms with Crippen molar-refractivity contribution < 1.29 is 23.9 Å². The van der Waals surface area contributed by atoms with Gasteiger partial charge in [0, 0.05) is 11.3 Å². The molecule has 0 radical (unpaired) electrons. The molecule has 6 heteroatoms. The van der Waals surface area contributed by atoms with E-state index in [1.165, 1.54) is 0 Å². The van der Waals surface area contributed by atoms with Gasteiger partial charge in [-0.2, -0.15) is 0 Å². The highest BCUT2D eigenvalue weighted by Gasteiger charge is 2.27. The lowest BCUT2D eigenvalue weighted by atomic mass is 9.99. The third-order valence-electron chi connectivity index (χ3n) is 4.60. The molecular weight excluding hydrogens is 358 g/mol. The first-order valence-corrected chi connectivity index (χ1v) is 9.21. The Morgan fingerprint density at radius 3 is 2.43 bits per heavy atom. The fourth-order valence-electron chi connectivity index (χ4n) is 2.89. The number of Topliss-reactive ketones (excluding diaryl/α,β-unsaturated/α-hetero) is 1. The molecule has 0 bridgehead atoms. The standard InChI is InChI=1S/C22H23NO5/c1-13(2)27-11-15-4-6-16(7-5-15)22(26)28-12-20(24)17-8-9-19-18(10-17)14(3)21(25)23-19/h4-10,13-14H,11-12H2,1-3H3,(H,23,25)/t14-/m1/s1. The van der Waals surface area contributed by atoms with Crippen LogP contribution in [-0.2, 0) is 20.9 Å². The van der Waals surface area contributed by atoms with Crippen molar-refractivity contribution in [2.24, 2.45) is 0 Å². The summed E-state index contributed by atoms with van der Waals surface area (Å²) in [5.74, 6) is -1.27. The minimum Gasteiger partial charge on any atom is -0.454 e. The van der Waals surface area contributed by atoms with Crippen molar-refractivity contribution >= 4 is 23.3 Å². The molecule has 28 heavy (non-hydrogen) atoms. The second kappa shape index (κ2) is 8.35. The molecular formula is C22H23NO5. The SMILES string of the molecule is CC(C)OCc1ccc(C(=O)OCC(=O)c2ccc3c(c2)[C@@H](C)C(=O)N3)cc1. The number of fused-ring (bicyclic) bond motifs is 1. The molecule has 146 valence electrons. The smallest absolute Gasteiger partial charge is 0.338 e. The zero-order valence-electron chi connectivity index (χ0n) is 16.2. The van der Waals surface area contributed by atoms with Gasteiger partial charge in [0.05, 0.1) is 24.2 Å². The summed E-state index contributed by atoms with van der Waals surface area (Å²) in [5.41, 5.74) is 3.24. The summed E-state index contributed by atoms with van der Waals surface area (Å²) in [4.78, 5) is 36.3. The van der Waals surface area contributed by atoms with Gasteiger partial charge in [0.15, 0.2) is 12.4 Å². The van der Waals surface area contributed by atoms with Crippen LogP contribution in [0.1, 0.15) is 58.5 Å². The second-order valence-electron chi connectivity index (χ2n) is 7.07. The van der Waals surface area contributed by atoms with Gasteiger partial charge in [-0.1, -0.05) is 12.1 Å². The summed E-state index contributed by atoms with van der Waals surface area (Å²) in [6, 6.07) is 11.9. The topological polar surface area (TPSA) is 81.7 Å². The van der Waals surface area contributed by atoms with E-state index in [0.717, 1.165) is 11.1 Å². The van der Waals surface area contributed by atoms with Crippen LogP contribution in [0.15, 0.2) is 42.5 Å². The van der Waals surface area contributed by atoms with Crippen LogP contribution in [0.25, 0.3) is 0 Å². The average Bonchev–Trinajstić information content (AvgIpc) is 2.98. The quantitative estimate of drug-likeness (QED) is 0.584. The molecule has 0 aromatic heterocycles. The van der Waals surface area contributed by atoms with Crippen LogP contribution >= 0.6 is 0 Å². The minimum atomic E-state index is -0.559. The van der Waals surface area contributed by atoms with Gasteiger partial charge in [-0.25, -0.2) is 4.79 Å². The fourth-order valence-corrected chi connectivity index (χ4v) is 2.89. The van der Waals surface area contributed by atoms with Gasteiger partial charge < -0.3 is 14.8 Å². The largest absolute Gasteiger partial charge is 0.454 e. The fraction of sp³-hybridized carbons (Fsp3) is 0.318. The molecule has 1 N–H and O–H groups in total. The number of ether oxygens (including phenoxy) is 2. The summed E-state index contributed by atoms with van der Waals surface area (Å²) >= 11 is 0. The van der Waals surface area contributed by atoms with E-state index in [2.05, 4.69) is 5.32 Å². The molecule has 2 aromatic rings. The number of esters is 1. The van der Waals surface area contributed by atoms with Crippen molar-refractivity contribution in [3.63, 3.8) is 0 Å². The number of anilines is 1. The van der Waals surface area contributed by atoms with Crippen molar-refractivity contribution in [2.75, 3.05) is 11.9 Å². The number of carbonyl (C=O) groups excluding carboxylic acids is 3. The van der Waals surface area contributed by atoms with Crippen LogP contribution < -0.4 is 5.32 Å². The number of benzene rings is 2. The lowest BCUT2D eigenvalue weighted by Gasteiger charge is -2.09. The van der Waals surface area contributed by atoms with E-state index < -0.39 is 5.97 Å². The molecule has 1 heterocycles. The van der Waals surface area contributed by atoms with Gasteiger partial charge >= 0.3 is 5.97 Å². The molecule has 2 aromatic carbocycles. The molecule has 1 atom stereocenters. The Bertz CT molecular complexity index is 902. The van der Waals surface area contributed by atoms with Crippen molar-refractivity contribution in [3.05, 3.63) is 64.7 Å². The molecule has 0 unspecified atom stereocenters. The van der Waals surface area contributed by atoms with Gasteiger partial charge in [0.2, 0.25) is 5.91 Å². The molecule has 0 aliphatic carbocycles. The zero-order chi connectivity index (χ0) is 20.3.